The van der Waals surface area contributed by atoms with Crippen LogP contribution in [0.25, 0.3) is 95.0 Å². The second-order valence-electron chi connectivity index (χ2n) is 10.9. The number of fused-ring (bicyclic) bond motifs is 16. The van der Waals surface area contributed by atoms with Gasteiger partial charge in [0.05, 0.1) is 37.8 Å². The average Bonchev–Trinajstić information content (AvgIpc) is 3.74. The molecule has 40 heavy (non-hydrogen) atoms. The molecule has 0 amide bonds. The summed E-state index contributed by atoms with van der Waals surface area (Å²) < 4.78 is 10.6. The molecule has 0 saturated heterocycles. The number of para-hydroxylation sites is 2. The van der Waals surface area contributed by atoms with Crippen molar-refractivity contribution in [1.82, 2.24) is 8.80 Å². The Bertz CT molecular complexity index is 2870. The van der Waals surface area contributed by atoms with Crippen molar-refractivity contribution in [3.63, 3.8) is 0 Å². The number of benzene rings is 6. The van der Waals surface area contributed by atoms with Crippen LogP contribution in [0.1, 0.15) is 0 Å². The van der Waals surface area contributed by atoms with Crippen molar-refractivity contribution in [2.24, 2.45) is 0 Å². The quantitative estimate of drug-likeness (QED) is 0.169. The van der Waals surface area contributed by atoms with Crippen LogP contribution in [0.5, 0.6) is 0 Å². The van der Waals surface area contributed by atoms with E-state index in [1.807, 2.05) is 22.7 Å². The number of thiophene rings is 2. The zero-order valence-electron chi connectivity index (χ0n) is 21.1. The summed E-state index contributed by atoms with van der Waals surface area (Å²) in [6.45, 7) is 0. The largest absolute Gasteiger partial charge is 0.305 e. The molecule has 2 nitrogen and oxygen atoms in total. The molecule has 6 aromatic carbocycles. The van der Waals surface area contributed by atoms with Gasteiger partial charge in [-0.2, -0.15) is 0 Å². The first kappa shape index (κ1) is 20.3. The second kappa shape index (κ2) is 6.73. The normalized spacial score (nSPS) is 13.0. The van der Waals surface area contributed by atoms with E-state index in [-0.39, 0.29) is 0 Å². The maximum absolute atomic E-state index is 2.60. The first-order chi connectivity index (χ1) is 19.9. The summed E-state index contributed by atoms with van der Waals surface area (Å²) in [4.78, 5) is 0. The lowest BCUT2D eigenvalue weighted by Gasteiger charge is -2.12. The van der Waals surface area contributed by atoms with E-state index >= 15 is 0 Å². The molecule has 0 aliphatic rings. The Hall–Kier alpha value is -4.64. The minimum atomic E-state index is 1.27. The summed E-state index contributed by atoms with van der Waals surface area (Å²) in [7, 11) is 0. The maximum atomic E-state index is 2.60. The van der Waals surface area contributed by atoms with E-state index in [9.17, 15) is 0 Å². The molecule has 0 unspecified atom stereocenters. The lowest BCUT2D eigenvalue weighted by Crippen LogP contribution is -1.97. The van der Waals surface area contributed by atoms with Crippen molar-refractivity contribution in [1.29, 1.82) is 0 Å². The highest BCUT2D eigenvalue weighted by Crippen LogP contribution is 2.49. The monoisotopic (exact) mass is 542 g/mol. The third kappa shape index (κ3) is 2.15. The average molecular weight is 543 g/mol. The Kier molecular flexibility index (Phi) is 3.42. The SMILES string of the molecule is c1ccc2c(c1)sc1c2cc2c3c1c1ccccc1n3c1cccc3c4ccc5c6ccccc6sc5c4n2c31. The molecule has 0 bridgehead atoms. The molecule has 0 spiro atoms. The Morgan fingerprint density at radius 3 is 1.85 bits per heavy atom. The number of aromatic nitrogens is 2. The molecule has 5 aromatic heterocycles. The molecule has 0 fully saturated rings. The molecule has 11 aromatic rings. The van der Waals surface area contributed by atoms with Crippen molar-refractivity contribution in [3.05, 3.63) is 109 Å². The van der Waals surface area contributed by atoms with Crippen LogP contribution in [0.3, 0.4) is 0 Å². The van der Waals surface area contributed by atoms with Crippen LogP contribution in [-0.4, -0.2) is 8.80 Å². The van der Waals surface area contributed by atoms with Crippen LogP contribution in [0, 0.1) is 0 Å². The predicted molar refractivity (Wildman–Crippen MR) is 175 cm³/mol. The topological polar surface area (TPSA) is 8.82 Å². The molecule has 184 valence electrons. The molecule has 0 aliphatic heterocycles. The fraction of sp³-hybridized carbons (Fsp3) is 0. The Morgan fingerprint density at radius 2 is 1.00 bits per heavy atom. The summed E-state index contributed by atoms with van der Waals surface area (Å²) >= 11 is 3.85. The third-order valence-electron chi connectivity index (χ3n) is 9.01. The molecule has 0 N–H and O–H groups in total. The summed E-state index contributed by atoms with van der Waals surface area (Å²) in [5.74, 6) is 0. The van der Waals surface area contributed by atoms with Crippen LogP contribution in [0.15, 0.2) is 109 Å². The molecule has 0 saturated carbocycles. The fourth-order valence-corrected chi connectivity index (χ4v) is 9.95. The minimum Gasteiger partial charge on any atom is -0.305 e. The lowest BCUT2D eigenvalue weighted by molar-refractivity contribution is 1.26. The molecular formula is C36H18N2S2. The van der Waals surface area contributed by atoms with Crippen molar-refractivity contribution in [2.45, 2.75) is 0 Å². The van der Waals surface area contributed by atoms with Crippen molar-refractivity contribution < 1.29 is 0 Å². The molecular weight excluding hydrogens is 525 g/mol. The highest BCUT2D eigenvalue weighted by atomic mass is 32.1. The molecule has 11 rings (SSSR count). The van der Waals surface area contributed by atoms with Crippen LogP contribution < -0.4 is 0 Å². The van der Waals surface area contributed by atoms with Crippen LogP contribution >= 0.6 is 22.7 Å². The number of hydrogen-bond acceptors (Lipinski definition) is 2. The van der Waals surface area contributed by atoms with Crippen molar-refractivity contribution >= 4 is 118 Å². The molecule has 4 heteroatoms. The van der Waals surface area contributed by atoms with Crippen molar-refractivity contribution in [3.8, 4) is 0 Å². The molecule has 0 atom stereocenters. The molecule has 0 aliphatic carbocycles. The highest BCUT2D eigenvalue weighted by Gasteiger charge is 2.25. The van der Waals surface area contributed by atoms with E-state index in [0.717, 1.165) is 0 Å². The van der Waals surface area contributed by atoms with Gasteiger partial charge in [0, 0.05) is 57.2 Å². The van der Waals surface area contributed by atoms with Gasteiger partial charge in [0.1, 0.15) is 0 Å². The standard InChI is InChI=1S/C36H18N2S2/c1-4-12-26-24(10-1)31-34-28(18-25-20-9-3-6-15-30(20)39-35(25)31)38-32-21(11-7-13-27(32)37(26)34)22-16-17-23-19-8-2-5-14-29(19)40-36(23)33(22)38/h1-18H. The maximum Gasteiger partial charge on any atom is 0.0797 e. The van der Waals surface area contributed by atoms with Gasteiger partial charge in [0.2, 0.25) is 0 Å². The predicted octanol–water partition coefficient (Wildman–Crippen LogP) is 11.0. The summed E-state index contributed by atoms with van der Waals surface area (Å²) in [5.41, 5.74) is 7.78. The fourth-order valence-electron chi connectivity index (χ4n) is 7.46. The van der Waals surface area contributed by atoms with E-state index in [1.165, 1.54) is 95.0 Å². The van der Waals surface area contributed by atoms with Gasteiger partial charge < -0.3 is 8.80 Å². The summed E-state index contributed by atoms with van der Waals surface area (Å²) in [5, 5.41) is 10.7. The van der Waals surface area contributed by atoms with Crippen LogP contribution in [-0.2, 0) is 0 Å². The van der Waals surface area contributed by atoms with Crippen LogP contribution in [0.2, 0.25) is 0 Å². The van der Waals surface area contributed by atoms with E-state index in [1.54, 1.807) is 0 Å². The van der Waals surface area contributed by atoms with E-state index in [0.29, 0.717) is 0 Å². The first-order valence-corrected chi connectivity index (χ1v) is 15.3. The minimum absolute atomic E-state index is 1.27. The highest BCUT2D eigenvalue weighted by molar-refractivity contribution is 7.27. The van der Waals surface area contributed by atoms with Gasteiger partial charge in [-0.1, -0.05) is 78.9 Å². The summed E-state index contributed by atoms with van der Waals surface area (Å²) in [6.07, 6.45) is 0. The summed E-state index contributed by atoms with van der Waals surface area (Å²) in [6, 6.07) is 40.7. The number of hydrogen-bond donors (Lipinski definition) is 0. The van der Waals surface area contributed by atoms with Gasteiger partial charge in [-0.25, -0.2) is 0 Å². The van der Waals surface area contributed by atoms with Crippen LogP contribution in [0.4, 0.5) is 0 Å². The van der Waals surface area contributed by atoms with E-state index in [2.05, 4.69) is 118 Å². The van der Waals surface area contributed by atoms with Gasteiger partial charge in [-0.3, -0.25) is 0 Å². The van der Waals surface area contributed by atoms with Gasteiger partial charge >= 0.3 is 0 Å². The van der Waals surface area contributed by atoms with E-state index < -0.39 is 0 Å². The van der Waals surface area contributed by atoms with Gasteiger partial charge in [-0.15, -0.1) is 22.7 Å². The number of rotatable bonds is 0. The molecule has 5 heterocycles. The van der Waals surface area contributed by atoms with Gasteiger partial charge in [0.25, 0.3) is 0 Å². The number of nitrogens with zero attached hydrogens (tertiary/aromatic N) is 2. The Balaban J connectivity index is 1.56. The third-order valence-corrected chi connectivity index (χ3v) is 11.4. The zero-order valence-corrected chi connectivity index (χ0v) is 22.7. The van der Waals surface area contributed by atoms with Crippen molar-refractivity contribution in [2.75, 3.05) is 0 Å². The molecule has 0 radical (unpaired) electrons. The van der Waals surface area contributed by atoms with Gasteiger partial charge in [-0.05, 0) is 30.3 Å². The first-order valence-electron chi connectivity index (χ1n) is 13.6. The van der Waals surface area contributed by atoms with E-state index in [4.69, 9.17) is 0 Å². The second-order valence-corrected chi connectivity index (χ2v) is 13.0. The Labute approximate surface area is 234 Å². The smallest absolute Gasteiger partial charge is 0.0797 e. The zero-order chi connectivity index (χ0) is 25.7. The Morgan fingerprint density at radius 1 is 0.375 bits per heavy atom. The lowest BCUT2D eigenvalue weighted by atomic mass is 10.1. The van der Waals surface area contributed by atoms with Gasteiger partial charge in [0.15, 0.2) is 0 Å².